The van der Waals surface area contributed by atoms with Crippen LogP contribution in [-0.4, -0.2) is 109 Å². The summed E-state index contributed by atoms with van der Waals surface area (Å²) in [6, 6.07) is 18.0. The number of ether oxygens (including phenoxy) is 1. The van der Waals surface area contributed by atoms with Crippen LogP contribution >= 0.6 is 0 Å². The van der Waals surface area contributed by atoms with E-state index in [0.717, 1.165) is 60.8 Å². The predicted molar refractivity (Wildman–Crippen MR) is 260 cm³/mol. The molecule has 3 aromatic carbocycles. The van der Waals surface area contributed by atoms with Crippen LogP contribution in [0.2, 0.25) is 0 Å². The highest BCUT2D eigenvalue weighted by atomic mass is 16.5. The SMILES string of the molecule is CNCC(=O)NC(C(=O)N1CC(Oc2ccc3c(c2)CN(C(=O)C(NC(=O)CNC)C(C)(C)C)C(C(=O)N[C@@H]2CCCc4ccccc42)C3)CC1C(=O)NC1CCCc2ccccc21)C(C)(C)C. The van der Waals surface area contributed by atoms with Crippen molar-refractivity contribution in [3.05, 3.63) is 100 Å². The quantitative estimate of drug-likeness (QED) is 0.138. The summed E-state index contributed by atoms with van der Waals surface area (Å²) in [5.41, 5.74) is 4.88. The van der Waals surface area contributed by atoms with Gasteiger partial charge in [0.2, 0.25) is 35.4 Å². The van der Waals surface area contributed by atoms with Crippen LogP contribution in [0.25, 0.3) is 0 Å². The van der Waals surface area contributed by atoms with Crippen LogP contribution in [-0.2, 0) is 54.6 Å². The second-order valence-electron chi connectivity index (χ2n) is 21.2. The molecular formula is C53H72N8O7. The normalized spacial score (nSPS) is 22.1. The molecule has 366 valence electrons. The molecule has 2 heterocycles. The highest BCUT2D eigenvalue weighted by molar-refractivity contribution is 5.95. The fourth-order valence-corrected chi connectivity index (χ4v) is 10.4. The number of likely N-dealkylation sites (tertiary alicyclic amines) is 1. The third-order valence-corrected chi connectivity index (χ3v) is 13.9. The summed E-state index contributed by atoms with van der Waals surface area (Å²) < 4.78 is 6.70. The number of nitrogens with zero attached hydrogens (tertiary/aromatic N) is 2. The van der Waals surface area contributed by atoms with Gasteiger partial charge >= 0.3 is 0 Å². The van der Waals surface area contributed by atoms with Gasteiger partial charge in [-0.05, 0) is 109 Å². The summed E-state index contributed by atoms with van der Waals surface area (Å²) in [5.74, 6) is -1.44. The van der Waals surface area contributed by atoms with Gasteiger partial charge in [-0.2, -0.15) is 0 Å². The first-order valence-corrected chi connectivity index (χ1v) is 24.4. The Morgan fingerprint density at radius 2 is 1.13 bits per heavy atom. The van der Waals surface area contributed by atoms with Gasteiger partial charge in [0.25, 0.3) is 0 Å². The molecular weight excluding hydrogens is 861 g/mol. The summed E-state index contributed by atoms with van der Waals surface area (Å²) in [6.45, 7) is 11.6. The van der Waals surface area contributed by atoms with Crippen LogP contribution in [0.15, 0.2) is 66.7 Å². The maximum absolute atomic E-state index is 14.9. The van der Waals surface area contributed by atoms with Crippen LogP contribution in [0.1, 0.15) is 119 Å². The van der Waals surface area contributed by atoms with Crippen LogP contribution in [0.3, 0.4) is 0 Å². The topological polar surface area (TPSA) is 190 Å². The lowest BCUT2D eigenvalue weighted by molar-refractivity contribution is -0.147. The van der Waals surface area contributed by atoms with Crippen LogP contribution in [0.5, 0.6) is 5.75 Å². The van der Waals surface area contributed by atoms with E-state index >= 15 is 0 Å². The van der Waals surface area contributed by atoms with Gasteiger partial charge in [0, 0.05) is 19.4 Å². The molecule has 1 saturated heterocycles. The Kier molecular flexibility index (Phi) is 15.6. The van der Waals surface area contributed by atoms with E-state index in [1.165, 1.54) is 11.1 Å². The van der Waals surface area contributed by atoms with E-state index in [2.05, 4.69) is 56.2 Å². The minimum absolute atomic E-state index is 0.0253. The van der Waals surface area contributed by atoms with Crippen molar-refractivity contribution in [3.8, 4) is 5.75 Å². The van der Waals surface area contributed by atoms with Crippen molar-refractivity contribution in [1.82, 2.24) is 41.7 Å². The largest absolute Gasteiger partial charge is 0.488 e. The molecule has 0 spiro atoms. The van der Waals surface area contributed by atoms with Crippen molar-refractivity contribution in [2.45, 2.75) is 142 Å². The van der Waals surface area contributed by atoms with Crippen LogP contribution < -0.4 is 36.6 Å². The van der Waals surface area contributed by atoms with Crippen molar-refractivity contribution in [3.63, 3.8) is 0 Å². The smallest absolute Gasteiger partial charge is 0.246 e. The van der Waals surface area contributed by atoms with Crippen LogP contribution in [0, 0.1) is 10.8 Å². The molecule has 3 aromatic rings. The van der Waals surface area contributed by atoms with E-state index in [0.29, 0.717) is 5.75 Å². The Hall–Kier alpha value is -5.80. The Balaban J connectivity index is 1.16. The fourth-order valence-electron chi connectivity index (χ4n) is 10.4. The van der Waals surface area contributed by atoms with E-state index in [9.17, 15) is 28.8 Å². The van der Waals surface area contributed by atoms with Gasteiger partial charge in [-0.1, -0.05) is 96.1 Å². The molecule has 6 amide bonds. The number of likely N-dealkylation sites (N-methyl/N-ethyl adjacent to an activating group) is 2. The second kappa shape index (κ2) is 21.2. The third kappa shape index (κ3) is 11.5. The molecule has 4 aliphatic rings. The average Bonchev–Trinajstić information content (AvgIpc) is 3.72. The first-order valence-electron chi connectivity index (χ1n) is 24.4. The van der Waals surface area contributed by atoms with Gasteiger partial charge < -0.3 is 46.4 Å². The molecule has 7 rings (SSSR count). The number of hydrogen-bond donors (Lipinski definition) is 6. The molecule has 6 unspecified atom stereocenters. The van der Waals surface area contributed by atoms with E-state index in [-0.39, 0.29) is 86.5 Å². The minimum Gasteiger partial charge on any atom is -0.488 e. The first kappa shape index (κ1) is 50.1. The number of hydrogen-bond acceptors (Lipinski definition) is 9. The lowest BCUT2D eigenvalue weighted by Gasteiger charge is -2.41. The zero-order valence-electron chi connectivity index (χ0n) is 41.1. The molecule has 15 heteroatoms. The Labute approximate surface area is 401 Å². The fraction of sp³-hybridized carbons (Fsp3) is 0.547. The number of benzene rings is 3. The van der Waals surface area contributed by atoms with Gasteiger partial charge in [-0.15, -0.1) is 0 Å². The average molecular weight is 933 g/mol. The standard InChI is InChI=1S/C53H72N8O7/c1-52(2,3)46(58-44(62)28-54-7)50(66)60-30-35-25-36(24-23-34(35)26-42(60)48(64)56-40-21-13-17-32-15-9-11-19-38(32)40)68-37-27-43(49(65)57-41-22-14-18-33-16-10-12-20-39(33)41)61(31-37)51(67)47(53(4,5)6)59-45(63)29-55-8/h9-12,15-16,19-20,23-25,37,40-43,46-47,54-55H,13-14,17-18,21-22,26-31H2,1-8H3,(H,56,64)(H,57,65)(H,58,62)(H,59,63)/t37?,40-,41?,42?,43?,46?,47?/m1/s1. The molecule has 2 aliphatic heterocycles. The monoisotopic (exact) mass is 933 g/mol. The highest BCUT2D eigenvalue weighted by Gasteiger charge is 2.47. The molecule has 7 atom stereocenters. The zero-order chi connectivity index (χ0) is 48.9. The van der Waals surface area contributed by atoms with Crippen molar-refractivity contribution < 1.29 is 33.5 Å². The Morgan fingerprint density at radius 1 is 0.632 bits per heavy atom. The van der Waals surface area contributed by atoms with Gasteiger partial charge in [0.1, 0.15) is 36.0 Å². The van der Waals surface area contributed by atoms with Gasteiger partial charge in [0.15, 0.2) is 0 Å². The lowest BCUT2D eigenvalue weighted by atomic mass is 9.84. The molecule has 0 saturated carbocycles. The zero-order valence-corrected chi connectivity index (χ0v) is 41.1. The molecule has 0 bridgehead atoms. The van der Waals surface area contributed by atoms with Gasteiger partial charge in [-0.25, -0.2) is 0 Å². The summed E-state index contributed by atoms with van der Waals surface area (Å²) in [4.78, 5) is 87.7. The van der Waals surface area contributed by atoms with Crippen LogP contribution in [0.4, 0.5) is 0 Å². The molecule has 6 N–H and O–H groups in total. The van der Waals surface area contributed by atoms with Crippen molar-refractivity contribution >= 4 is 35.4 Å². The number of nitrogens with one attached hydrogen (secondary N) is 6. The number of aryl methyl sites for hydroxylation is 2. The predicted octanol–water partition coefficient (Wildman–Crippen LogP) is 4.18. The molecule has 2 aliphatic carbocycles. The Morgan fingerprint density at radius 3 is 1.65 bits per heavy atom. The maximum atomic E-state index is 14.9. The van der Waals surface area contributed by atoms with Crippen molar-refractivity contribution in [1.29, 1.82) is 0 Å². The number of rotatable bonds is 14. The number of carbonyl (C=O) groups is 6. The molecule has 0 radical (unpaired) electrons. The summed E-state index contributed by atoms with van der Waals surface area (Å²) in [7, 11) is 3.33. The summed E-state index contributed by atoms with van der Waals surface area (Å²) in [5, 5.41) is 18.2. The minimum atomic E-state index is -0.929. The van der Waals surface area contributed by atoms with Crippen molar-refractivity contribution in [2.24, 2.45) is 10.8 Å². The third-order valence-electron chi connectivity index (χ3n) is 13.9. The van der Waals surface area contributed by atoms with E-state index in [1.54, 1.807) is 23.9 Å². The Bertz CT molecular complexity index is 2360. The van der Waals surface area contributed by atoms with E-state index < -0.39 is 41.1 Å². The molecule has 0 aromatic heterocycles. The maximum Gasteiger partial charge on any atom is 0.246 e. The summed E-state index contributed by atoms with van der Waals surface area (Å²) >= 11 is 0. The van der Waals surface area contributed by atoms with E-state index in [4.69, 9.17) is 4.74 Å². The molecule has 68 heavy (non-hydrogen) atoms. The summed E-state index contributed by atoms with van der Waals surface area (Å²) in [6.07, 6.45) is 5.16. The molecule has 1 fully saturated rings. The number of fused-ring (bicyclic) bond motifs is 3. The van der Waals surface area contributed by atoms with Gasteiger partial charge in [0.05, 0.1) is 31.7 Å². The highest BCUT2D eigenvalue weighted by Crippen LogP contribution is 2.36. The van der Waals surface area contributed by atoms with E-state index in [1.807, 2.05) is 84.0 Å². The molecule has 15 nitrogen and oxygen atoms in total. The number of carbonyl (C=O) groups excluding carboxylic acids is 6. The van der Waals surface area contributed by atoms with Crippen molar-refractivity contribution in [2.75, 3.05) is 33.7 Å². The lowest BCUT2D eigenvalue weighted by Crippen LogP contribution is -2.61. The van der Waals surface area contributed by atoms with Gasteiger partial charge in [-0.3, -0.25) is 28.8 Å². The number of amides is 6. The first-order chi connectivity index (χ1) is 32.4. The second-order valence-corrected chi connectivity index (χ2v) is 21.2.